The van der Waals surface area contributed by atoms with Crippen LogP contribution in [0.15, 0.2) is 66.7 Å². The number of aryl methyl sites for hydroxylation is 2. The van der Waals surface area contributed by atoms with Gasteiger partial charge >= 0.3 is 0 Å². The molecule has 0 bridgehead atoms. The fourth-order valence-electron chi connectivity index (χ4n) is 3.43. The first-order chi connectivity index (χ1) is 14.4. The number of anilines is 2. The molecule has 4 rings (SSSR count). The molecule has 6 heteroatoms. The van der Waals surface area contributed by atoms with E-state index in [1.807, 2.05) is 55.1 Å². The molecule has 3 aromatic rings. The van der Waals surface area contributed by atoms with E-state index in [-0.39, 0.29) is 22.8 Å². The van der Waals surface area contributed by atoms with Gasteiger partial charge in [0.15, 0.2) is 0 Å². The van der Waals surface area contributed by atoms with Crippen molar-refractivity contribution >= 4 is 35.0 Å². The van der Waals surface area contributed by atoms with Crippen LogP contribution in [0.25, 0.3) is 0 Å². The Morgan fingerprint density at radius 3 is 2.60 bits per heavy atom. The molecule has 1 fully saturated rings. The monoisotopic (exact) mass is 420 g/mol. The number of nitrogens with zero attached hydrogens (tertiary/aromatic N) is 1. The Bertz CT molecular complexity index is 1130. The van der Waals surface area contributed by atoms with Gasteiger partial charge in [0.05, 0.1) is 5.75 Å². The Morgan fingerprint density at radius 2 is 1.83 bits per heavy atom. The summed E-state index contributed by atoms with van der Waals surface area (Å²) in [5.74, 6) is -0.381. The van der Waals surface area contributed by atoms with Crippen molar-refractivity contribution in [1.29, 1.82) is 0 Å². The van der Waals surface area contributed by atoms with Gasteiger partial charge in [-0.2, -0.15) is 0 Å². The highest BCUT2D eigenvalue weighted by Gasteiger charge is 2.34. The molecule has 152 valence electrons. The van der Waals surface area contributed by atoms with Gasteiger partial charge in [0.1, 0.15) is 11.2 Å². The van der Waals surface area contributed by atoms with Gasteiger partial charge in [0.2, 0.25) is 5.91 Å². The minimum atomic E-state index is -0.457. The maximum Gasteiger partial charge on any atom is 0.255 e. The van der Waals surface area contributed by atoms with Gasteiger partial charge in [-0.05, 0) is 73.0 Å². The van der Waals surface area contributed by atoms with Crippen molar-refractivity contribution in [1.82, 2.24) is 0 Å². The average molecular weight is 421 g/mol. The number of rotatable bonds is 4. The zero-order valence-electron chi connectivity index (χ0n) is 16.7. The van der Waals surface area contributed by atoms with Crippen molar-refractivity contribution in [3.63, 3.8) is 0 Å². The number of thioether (sulfide) groups is 1. The molecule has 1 saturated heterocycles. The van der Waals surface area contributed by atoms with E-state index >= 15 is 0 Å². The van der Waals surface area contributed by atoms with Gasteiger partial charge in [-0.25, -0.2) is 4.39 Å². The Kier molecular flexibility index (Phi) is 5.59. The lowest BCUT2D eigenvalue weighted by atomic mass is 10.1. The van der Waals surface area contributed by atoms with E-state index in [0.29, 0.717) is 11.4 Å². The molecule has 0 saturated carbocycles. The molecule has 1 aliphatic heterocycles. The van der Waals surface area contributed by atoms with Crippen LogP contribution in [0.4, 0.5) is 15.8 Å². The Morgan fingerprint density at radius 1 is 1.03 bits per heavy atom. The number of benzene rings is 3. The summed E-state index contributed by atoms with van der Waals surface area (Å²) in [7, 11) is 0. The summed E-state index contributed by atoms with van der Waals surface area (Å²) in [4.78, 5) is 26.9. The molecule has 1 N–H and O–H groups in total. The molecular formula is C24H21FN2O2S. The smallest absolute Gasteiger partial charge is 0.255 e. The zero-order chi connectivity index (χ0) is 21.3. The van der Waals surface area contributed by atoms with Gasteiger partial charge in [-0.15, -0.1) is 11.8 Å². The second-order valence-electron chi connectivity index (χ2n) is 7.29. The molecule has 1 heterocycles. The molecule has 0 aliphatic carbocycles. The van der Waals surface area contributed by atoms with Gasteiger partial charge < -0.3 is 5.32 Å². The third kappa shape index (κ3) is 4.09. The standard InChI is InChI=1S/C24H21FN2O2S/c1-15-9-10-21(11-16(15)2)27-22(28)14-30-24(27)18-6-4-8-20(13-18)26-23(29)17-5-3-7-19(25)12-17/h3-13,24H,14H2,1-2H3,(H,26,29)/t24-/m0/s1. The van der Waals surface area contributed by atoms with Crippen molar-refractivity contribution < 1.29 is 14.0 Å². The van der Waals surface area contributed by atoms with Crippen molar-refractivity contribution in [2.24, 2.45) is 0 Å². The average Bonchev–Trinajstić information content (AvgIpc) is 3.12. The van der Waals surface area contributed by atoms with E-state index in [9.17, 15) is 14.0 Å². The molecule has 1 aliphatic rings. The van der Waals surface area contributed by atoms with E-state index < -0.39 is 5.82 Å². The third-order valence-corrected chi connectivity index (χ3v) is 6.37. The van der Waals surface area contributed by atoms with Gasteiger partial charge in [-0.3, -0.25) is 14.5 Å². The van der Waals surface area contributed by atoms with Crippen LogP contribution in [0.5, 0.6) is 0 Å². The number of nitrogens with one attached hydrogen (secondary N) is 1. The molecule has 4 nitrogen and oxygen atoms in total. The summed E-state index contributed by atoms with van der Waals surface area (Å²) in [6.07, 6.45) is 0. The predicted molar refractivity (Wildman–Crippen MR) is 119 cm³/mol. The molecule has 0 spiro atoms. The SMILES string of the molecule is Cc1ccc(N2C(=O)CS[C@H]2c2cccc(NC(=O)c3cccc(F)c3)c2)cc1C. The number of hydrogen-bond donors (Lipinski definition) is 1. The summed E-state index contributed by atoms with van der Waals surface area (Å²) >= 11 is 1.56. The minimum absolute atomic E-state index is 0.0578. The Balaban J connectivity index is 1.60. The number of halogens is 1. The summed E-state index contributed by atoms with van der Waals surface area (Å²) in [6.45, 7) is 4.08. The van der Waals surface area contributed by atoms with Crippen LogP contribution in [0.2, 0.25) is 0 Å². The van der Waals surface area contributed by atoms with Crippen molar-refractivity contribution in [3.8, 4) is 0 Å². The van der Waals surface area contributed by atoms with Crippen LogP contribution < -0.4 is 10.2 Å². The van der Waals surface area contributed by atoms with E-state index in [0.717, 1.165) is 16.8 Å². The van der Waals surface area contributed by atoms with Crippen LogP contribution in [0, 0.1) is 19.7 Å². The summed E-state index contributed by atoms with van der Waals surface area (Å²) < 4.78 is 13.4. The van der Waals surface area contributed by atoms with Crippen molar-refractivity contribution in [2.75, 3.05) is 16.0 Å². The first-order valence-corrected chi connectivity index (χ1v) is 10.6. The molecule has 0 radical (unpaired) electrons. The summed E-state index contributed by atoms with van der Waals surface area (Å²) in [5, 5.41) is 2.64. The molecular weight excluding hydrogens is 399 g/mol. The van der Waals surface area contributed by atoms with Gasteiger partial charge in [0.25, 0.3) is 5.91 Å². The maximum absolute atomic E-state index is 13.4. The Hall–Kier alpha value is -3.12. The minimum Gasteiger partial charge on any atom is -0.322 e. The molecule has 0 unspecified atom stereocenters. The Labute approximate surface area is 179 Å². The van der Waals surface area contributed by atoms with Crippen LogP contribution in [-0.2, 0) is 4.79 Å². The quantitative estimate of drug-likeness (QED) is 0.609. The number of hydrogen-bond acceptors (Lipinski definition) is 3. The lowest BCUT2D eigenvalue weighted by Gasteiger charge is -2.25. The van der Waals surface area contributed by atoms with Crippen LogP contribution in [0.1, 0.15) is 32.4 Å². The first kappa shape index (κ1) is 20.2. The molecule has 1 atom stereocenters. The second-order valence-corrected chi connectivity index (χ2v) is 8.35. The van der Waals surface area contributed by atoms with Gasteiger partial charge in [-0.1, -0.05) is 24.3 Å². The van der Waals surface area contributed by atoms with Crippen LogP contribution >= 0.6 is 11.8 Å². The predicted octanol–water partition coefficient (Wildman–Crippen LogP) is 5.47. The van der Waals surface area contributed by atoms with E-state index in [4.69, 9.17) is 0 Å². The normalized spacial score (nSPS) is 16.0. The highest BCUT2D eigenvalue weighted by molar-refractivity contribution is 8.00. The molecule has 30 heavy (non-hydrogen) atoms. The van der Waals surface area contributed by atoms with Crippen molar-refractivity contribution in [3.05, 3.63) is 94.8 Å². The van der Waals surface area contributed by atoms with Crippen LogP contribution in [0.3, 0.4) is 0 Å². The third-order valence-electron chi connectivity index (χ3n) is 5.15. The number of carbonyl (C=O) groups excluding carboxylic acids is 2. The molecule has 0 aromatic heterocycles. The fourth-order valence-corrected chi connectivity index (χ4v) is 4.60. The highest BCUT2D eigenvalue weighted by Crippen LogP contribution is 2.42. The highest BCUT2D eigenvalue weighted by atomic mass is 32.2. The van der Waals surface area contributed by atoms with E-state index in [1.165, 1.54) is 23.8 Å². The molecule has 3 aromatic carbocycles. The van der Waals surface area contributed by atoms with Crippen molar-refractivity contribution in [2.45, 2.75) is 19.2 Å². The first-order valence-electron chi connectivity index (χ1n) is 9.60. The van der Waals surface area contributed by atoms with E-state index in [1.54, 1.807) is 23.9 Å². The number of carbonyl (C=O) groups is 2. The molecule has 2 amide bonds. The maximum atomic E-state index is 13.4. The number of amides is 2. The van der Waals surface area contributed by atoms with E-state index in [2.05, 4.69) is 5.32 Å². The largest absolute Gasteiger partial charge is 0.322 e. The summed E-state index contributed by atoms with van der Waals surface area (Å²) in [5.41, 5.74) is 4.95. The lowest BCUT2D eigenvalue weighted by molar-refractivity contribution is -0.115. The topological polar surface area (TPSA) is 49.4 Å². The van der Waals surface area contributed by atoms with Gasteiger partial charge in [0, 0.05) is 16.9 Å². The summed E-state index contributed by atoms with van der Waals surface area (Å²) in [6, 6.07) is 19.0. The van der Waals surface area contributed by atoms with Crippen LogP contribution in [-0.4, -0.2) is 17.6 Å². The zero-order valence-corrected chi connectivity index (χ0v) is 17.5. The lowest BCUT2D eigenvalue weighted by Crippen LogP contribution is -2.28. The second kappa shape index (κ2) is 8.32. The fraction of sp³-hybridized carbons (Fsp3) is 0.167.